The van der Waals surface area contributed by atoms with Gasteiger partial charge in [-0.2, -0.15) is 0 Å². The van der Waals surface area contributed by atoms with Gasteiger partial charge < -0.3 is 10.6 Å². The summed E-state index contributed by atoms with van der Waals surface area (Å²) < 4.78 is 0. The van der Waals surface area contributed by atoms with Gasteiger partial charge in [0.15, 0.2) is 0 Å². The molecule has 1 unspecified atom stereocenters. The fraction of sp³-hybridized carbons (Fsp3) is 0.688. The van der Waals surface area contributed by atoms with Crippen LogP contribution >= 0.6 is 0 Å². The molecule has 1 fully saturated rings. The molecule has 2 N–H and O–H groups in total. The average molecular weight is 261 g/mol. The zero-order valence-electron chi connectivity index (χ0n) is 12.4. The summed E-state index contributed by atoms with van der Waals surface area (Å²) >= 11 is 0. The van der Waals surface area contributed by atoms with E-state index in [0.29, 0.717) is 6.54 Å². The van der Waals surface area contributed by atoms with E-state index in [0.717, 1.165) is 30.4 Å². The van der Waals surface area contributed by atoms with Crippen molar-refractivity contribution in [1.29, 1.82) is 0 Å². The molecule has 0 amide bonds. The predicted octanol–water partition coefficient (Wildman–Crippen LogP) is 3.26. The number of anilines is 1. The van der Waals surface area contributed by atoms with Crippen molar-refractivity contribution in [2.75, 3.05) is 18.0 Å². The van der Waals surface area contributed by atoms with Gasteiger partial charge in [0, 0.05) is 25.8 Å². The van der Waals surface area contributed by atoms with E-state index in [1.54, 1.807) is 0 Å². The molecule has 3 nitrogen and oxygen atoms in total. The summed E-state index contributed by atoms with van der Waals surface area (Å²) in [5, 5.41) is 0. The van der Waals surface area contributed by atoms with Crippen LogP contribution in [-0.2, 0) is 6.54 Å². The van der Waals surface area contributed by atoms with Gasteiger partial charge in [-0.15, -0.1) is 0 Å². The van der Waals surface area contributed by atoms with Gasteiger partial charge in [-0.3, -0.25) is 0 Å². The molecule has 1 aromatic rings. The van der Waals surface area contributed by atoms with Crippen LogP contribution in [0.5, 0.6) is 0 Å². The van der Waals surface area contributed by atoms with Crippen LogP contribution < -0.4 is 10.6 Å². The highest BCUT2D eigenvalue weighted by molar-refractivity contribution is 5.47. The Morgan fingerprint density at radius 2 is 2.21 bits per heavy atom. The summed E-state index contributed by atoms with van der Waals surface area (Å²) in [6, 6.07) is 2.18. The minimum absolute atomic E-state index is 0.576. The van der Waals surface area contributed by atoms with E-state index in [9.17, 15) is 0 Å². The fourth-order valence-electron chi connectivity index (χ4n) is 3.14. The van der Waals surface area contributed by atoms with E-state index in [1.807, 2.05) is 6.20 Å². The number of aromatic nitrogens is 1. The number of aryl methyl sites for hydroxylation is 1. The quantitative estimate of drug-likeness (QED) is 0.904. The molecular weight excluding hydrogens is 234 g/mol. The van der Waals surface area contributed by atoms with Crippen molar-refractivity contribution in [1.82, 2.24) is 4.98 Å². The lowest BCUT2D eigenvalue weighted by Gasteiger charge is -2.23. The second-order valence-electron chi connectivity index (χ2n) is 5.76. The monoisotopic (exact) mass is 261 g/mol. The van der Waals surface area contributed by atoms with Crippen LogP contribution in [0.4, 0.5) is 5.82 Å². The maximum atomic E-state index is 5.67. The summed E-state index contributed by atoms with van der Waals surface area (Å²) in [6.07, 6.45) is 8.61. The van der Waals surface area contributed by atoms with E-state index in [2.05, 4.69) is 29.8 Å². The zero-order valence-corrected chi connectivity index (χ0v) is 12.4. The lowest BCUT2D eigenvalue weighted by molar-refractivity contribution is 0.435. The lowest BCUT2D eigenvalue weighted by Crippen LogP contribution is -2.26. The first-order valence-electron chi connectivity index (χ1n) is 7.65. The highest BCUT2D eigenvalue weighted by atomic mass is 15.2. The number of nitrogens with zero attached hydrogens (tertiary/aromatic N) is 2. The van der Waals surface area contributed by atoms with Crippen LogP contribution in [-0.4, -0.2) is 18.1 Å². The van der Waals surface area contributed by atoms with Crippen molar-refractivity contribution in [3.05, 3.63) is 23.4 Å². The molecule has 1 saturated heterocycles. The molecule has 106 valence electrons. The van der Waals surface area contributed by atoms with E-state index in [4.69, 9.17) is 5.73 Å². The van der Waals surface area contributed by atoms with Gasteiger partial charge in [-0.1, -0.05) is 19.8 Å². The topological polar surface area (TPSA) is 42.2 Å². The smallest absolute Gasteiger partial charge is 0.131 e. The third-order valence-corrected chi connectivity index (χ3v) is 4.19. The lowest BCUT2D eigenvalue weighted by atomic mass is 9.96. The molecule has 3 heteroatoms. The van der Waals surface area contributed by atoms with E-state index < -0.39 is 0 Å². The molecule has 0 saturated carbocycles. The van der Waals surface area contributed by atoms with Crippen molar-refractivity contribution < 1.29 is 0 Å². The average Bonchev–Trinajstić information content (AvgIpc) is 2.65. The third-order valence-electron chi connectivity index (χ3n) is 4.19. The van der Waals surface area contributed by atoms with E-state index in [-0.39, 0.29) is 0 Å². The highest BCUT2D eigenvalue weighted by Crippen LogP contribution is 2.26. The van der Waals surface area contributed by atoms with Crippen LogP contribution in [0, 0.1) is 12.8 Å². The molecule has 0 spiro atoms. The maximum Gasteiger partial charge on any atom is 0.131 e. The SMILES string of the molecule is CCCC1CCCN(c2ncc(CN)cc2C)CC1. The van der Waals surface area contributed by atoms with Crippen LogP contribution in [0.15, 0.2) is 12.3 Å². The van der Waals surface area contributed by atoms with E-state index >= 15 is 0 Å². The van der Waals surface area contributed by atoms with Gasteiger partial charge in [-0.25, -0.2) is 4.98 Å². The normalized spacial score (nSPS) is 20.4. The number of hydrogen-bond acceptors (Lipinski definition) is 3. The highest BCUT2D eigenvalue weighted by Gasteiger charge is 2.18. The van der Waals surface area contributed by atoms with Crippen molar-refractivity contribution in [3.8, 4) is 0 Å². The minimum atomic E-state index is 0.576. The largest absolute Gasteiger partial charge is 0.356 e. The van der Waals surface area contributed by atoms with Gasteiger partial charge in [-0.05, 0) is 49.3 Å². The molecule has 0 aromatic carbocycles. The van der Waals surface area contributed by atoms with Gasteiger partial charge in [0.25, 0.3) is 0 Å². The molecule has 1 aliphatic heterocycles. The van der Waals surface area contributed by atoms with Crippen molar-refractivity contribution >= 4 is 5.82 Å². The molecule has 19 heavy (non-hydrogen) atoms. The molecule has 0 aliphatic carbocycles. The maximum absolute atomic E-state index is 5.67. The minimum Gasteiger partial charge on any atom is -0.356 e. The molecule has 2 heterocycles. The molecule has 1 aromatic heterocycles. The van der Waals surface area contributed by atoms with Crippen LogP contribution in [0.2, 0.25) is 0 Å². The number of nitrogens with two attached hydrogens (primary N) is 1. The standard InChI is InChI=1S/C16H27N3/c1-3-5-14-6-4-8-19(9-7-14)16-13(2)10-15(11-17)12-18-16/h10,12,14H,3-9,11,17H2,1-2H3. The number of hydrogen-bond donors (Lipinski definition) is 1. The molecular formula is C16H27N3. The predicted molar refractivity (Wildman–Crippen MR) is 81.3 cm³/mol. The van der Waals surface area contributed by atoms with E-state index in [1.165, 1.54) is 37.7 Å². The summed E-state index contributed by atoms with van der Waals surface area (Å²) in [4.78, 5) is 7.09. The third kappa shape index (κ3) is 3.69. The molecule has 0 bridgehead atoms. The summed E-state index contributed by atoms with van der Waals surface area (Å²) in [7, 11) is 0. The zero-order chi connectivity index (χ0) is 13.7. The molecule has 2 rings (SSSR count). The molecule has 0 radical (unpaired) electrons. The van der Waals surface area contributed by atoms with Gasteiger partial charge in [0.2, 0.25) is 0 Å². The van der Waals surface area contributed by atoms with Crippen molar-refractivity contribution in [2.24, 2.45) is 11.7 Å². The molecule has 1 aliphatic rings. The van der Waals surface area contributed by atoms with Crippen molar-refractivity contribution in [3.63, 3.8) is 0 Å². The molecule has 1 atom stereocenters. The Labute approximate surface area is 117 Å². The van der Waals surface area contributed by atoms with Crippen molar-refractivity contribution in [2.45, 2.75) is 52.5 Å². The fourth-order valence-corrected chi connectivity index (χ4v) is 3.14. The first kappa shape index (κ1) is 14.3. The van der Waals surface area contributed by atoms with Crippen LogP contribution in [0.25, 0.3) is 0 Å². The Morgan fingerprint density at radius 3 is 2.89 bits per heavy atom. The Balaban J connectivity index is 2.05. The second-order valence-corrected chi connectivity index (χ2v) is 5.76. The summed E-state index contributed by atoms with van der Waals surface area (Å²) in [6.45, 7) is 7.32. The first-order chi connectivity index (χ1) is 9.24. The van der Waals surface area contributed by atoms with Crippen LogP contribution in [0.1, 0.15) is 50.2 Å². The summed E-state index contributed by atoms with van der Waals surface area (Å²) in [5.74, 6) is 2.08. The Bertz CT molecular complexity index is 403. The number of rotatable bonds is 4. The van der Waals surface area contributed by atoms with Crippen LogP contribution in [0.3, 0.4) is 0 Å². The summed E-state index contributed by atoms with van der Waals surface area (Å²) in [5.41, 5.74) is 8.06. The Morgan fingerprint density at radius 1 is 1.37 bits per heavy atom. The Kier molecular flexibility index (Phi) is 5.20. The Hall–Kier alpha value is -1.09. The second kappa shape index (κ2) is 6.90. The first-order valence-corrected chi connectivity index (χ1v) is 7.65. The van der Waals surface area contributed by atoms with Gasteiger partial charge >= 0.3 is 0 Å². The van der Waals surface area contributed by atoms with Gasteiger partial charge in [0.1, 0.15) is 5.82 Å². The number of pyridine rings is 1. The van der Waals surface area contributed by atoms with Gasteiger partial charge in [0.05, 0.1) is 0 Å².